The third-order valence-electron chi connectivity index (χ3n) is 3.03. The van der Waals surface area contributed by atoms with Crippen LogP contribution < -0.4 is 5.32 Å². The van der Waals surface area contributed by atoms with Crippen LogP contribution in [0.4, 0.5) is 13.2 Å². The number of aromatic nitrogens is 2. The van der Waals surface area contributed by atoms with Crippen molar-refractivity contribution in [3.05, 3.63) is 29.6 Å². The van der Waals surface area contributed by atoms with Crippen molar-refractivity contribution in [1.29, 1.82) is 0 Å². The maximum Gasteiger partial charge on any atom is 0.416 e. The third-order valence-corrected chi connectivity index (χ3v) is 3.03. The highest BCUT2D eigenvalue weighted by Crippen LogP contribution is 2.31. The van der Waals surface area contributed by atoms with Crippen LogP contribution in [0.1, 0.15) is 17.8 Å². The van der Waals surface area contributed by atoms with Gasteiger partial charge < -0.3 is 15.0 Å². The van der Waals surface area contributed by atoms with E-state index in [2.05, 4.69) is 10.3 Å². The minimum atomic E-state index is -4.37. The fourth-order valence-corrected chi connectivity index (χ4v) is 2.13. The molecule has 0 aliphatic heterocycles. The molecule has 1 aromatic heterocycles. The molecule has 0 amide bonds. The number of imidazole rings is 1. The standard InChI is InChI=1S/C13H16F3N3O/c1-17-8-12-18-10-7-9(13(14,15)16)3-4-11(10)19(12)5-2-6-20/h3-4,7,17,20H,2,5-6,8H2,1H3. The quantitative estimate of drug-likeness (QED) is 0.886. The van der Waals surface area contributed by atoms with Gasteiger partial charge in [0.2, 0.25) is 0 Å². The van der Waals surface area contributed by atoms with Gasteiger partial charge in [-0.25, -0.2) is 4.98 Å². The number of nitrogens with zero attached hydrogens (tertiary/aromatic N) is 2. The van der Waals surface area contributed by atoms with Gasteiger partial charge in [0.25, 0.3) is 0 Å². The Morgan fingerprint density at radius 3 is 2.70 bits per heavy atom. The van der Waals surface area contributed by atoms with Gasteiger partial charge >= 0.3 is 6.18 Å². The monoisotopic (exact) mass is 287 g/mol. The number of halogens is 3. The molecule has 0 radical (unpaired) electrons. The number of aryl methyl sites for hydroxylation is 1. The van der Waals surface area contributed by atoms with E-state index in [1.807, 2.05) is 4.57 Å². The predicted molar refractivity (Wildman–Crippen MR) is 69.2 cm³/mol. The molecule has 0 bridgehead atoms. The lowest BCUT2D eigenvalue weighted by molar-refractivity contribution is -0.137. The molecule has 1 heterocycles. The summed E-state index contributed by atoms with van der Waals surface area (Å²) in [6.07, 6.45) is -3.84. The average Bonchev–Trinajstić information content (AvgIpc) is 2.72. The summed E-state index contributed by atoms with van der Waals surface area (Å²) in [5, 5.41) is 11.8. The second kappa shape index (κ2) is 5.80. The average molecular weight is 287 g/mol. The zero-order valence-corrected chi connectivity index (χ0v) is 11.0. The maximum atomic E-state index is 12.7. The van der Waals surface area contributed by atoms with E-state index < -0.39 is 11.7 Å². The number of hydrogen-bond acceptors (Lipinski definition) is 3. The Morgan fingerprint density at radius 2 is 2.10 bits per heavy atom. The number of benzene rings is 1. The summed E-state index contributed by atoms with van der Waals surface area (Å²) in [6.45, 7) is 1.01. The zero-order valence-electron chi connectivity index (χ0n) is 11.0. The molecule has 20 heavy (non-hydrogen) atoms. The minimum Gasteiger partial charge on any atom is -0.396 e. The molecule has 4 nitrogen and oxygen atoms in total. The number of nitrogens with one attached hydrogen (secondary N) is 1. The number of fused-ring (bicyclic) bond motifs is 1. The summed E-state index contributed by atoms with van der Waals surface area (Å²) < 4.78 is 39.9. The van der Waals surface area contributed by atoms with Gasteiger partial charge in [-0.05, 0) is 31.7 Å². The topological polar surface area (TPSA) is 50.1 Å². The summed E-state index contributed by atoms with van der Waals surface area (Å²) in [5.41, 5.74) is 0.271. The molecule has 7 heteroatoms. The van der Waals surface area contributed by atoms with Crippen molar-refractivity contribution in [2.75, 3.05) is 13.7 Å². The molecular formula is C13H16F3N3O. The van der Waals surface area contributed by atoms with E-state index in [1.54, 1.807) is 7.05 Å². The molecule has 2 rings (SSSR count). The second-order valence-electron chi connectivity index (χ2n) is 4.49. The van der Waals surface area contributed by atoms with Crippen LogP contribution in [0.15, 0.2) is 18.2 Å². The van der Waals surface area contributed by atoms with E-state index in [-0.39, 0.29) is 6.61 Å². The fraction of sp³-hybridized carbons (Fsp3) is 0.462. The van der Waals surface area contributed by atoms with Crippen LogP contribution in [-0.4, -0.2) is 28.3 Å². The van der Waals surface area contributed by atoms with E-state index in [1.165, 1.54) is 6.07 Å². The number of hydrogen-bond donors (Lipinski definition) is 2. The van der Waals surface area contributed by atoms with Crippen LogP contribution in [0.3, 0.4) is 0 Å². The largest absolute Gasteiger partial charge is 0.416 e. The van der Waals surface area contributed by atoms with Gasteiger partial charge in [0.15, 0.2) is 0 Å². The van der Waals surface area contributed by atoms with Crippen LogP contribution in [0.25, 0.3) is 11.0 Å². The molecule has 0 saturated heterocycles. The molecule has 110 valence electrons. The molecule has 0 aliphatic rings. The van der Waals surface area contributed by atoms with Crippen molar-refractivity contribution in [2.45, 2.75) is 25.7 Å². The predicted octanol–water partition coefficient (Wildman–Crippen LogP) is 2.16. The number of rotatable bonds is 5. The summed E-state index contributed by atoms with van der Waals surface area (Å²) in [6, 6.07) is 3.55. The Kier molecular flexibility index (Phi) is 4.29. The van der Waals surface area contributed by atoms with Gasteiger partial charge in [-0.15, -0.1) is 0 Å². The minimum absolute atomic E-state index is 0.0271. The molecular weight excluding hydrogens is 271 g/mol. The molecule has 0 atom stereocenters. The third kappa shape index (κ3) is 2.94. The second-order valence-corrected chi connectivity index (χ2v) is 4.49. The molecule has 0 aliphatic carbocycles. The first kappa shape index (κ1) is 14.8. The van der Waals surface area contributed by atoms with Crippen molar-refractivity contribution >= 4 is 11.0 Å². The fourth-order valence-electron chi connectivity index (χ4n) is 2.13. The molecule has 0 unspecified atom stereocenters. The lowest BCUT2D eigenvalue weighted by Crippen LogP contribution is -2.13. The Bertz CT molecular complexity index is 592. The van der Waals surface area contributed by atoms with E-state index in [4.69, 9.17) is 5.11 Å². The summed E-state index contributed by atoms with van der Waals surface area (Å²) >= 11 is 0. The van der Waals surface area contributed by atoms with Crippen LogP contribution in [0, 0.1) is 0 Å². The Hall–Kier alpha value is -1.60. The van der Waals surface area contributed by atoms with Crippen molar-refractivity contribution < 1.29 is 18.3 Å². The molecule has 0 spiro atoms. The van der Waals surface area contributed by atoms with Crippen LogP contribution in [0.5, 0.6) is 0 Å². The first-order valence-corrected chi connectivity index (χ1v) is 6.29. The van der Waals surface area contributed by atoms with Gasteiger partial charge in [0, 0.05) is 13.2 Å². The summed E-state index contributed by atoms with van der Waals surface area (Å²) in [7, 11) is 1.75. The highest BCUT2D eigenvalue weighted by molar-refractivity contribution is 5.77. The summed E-state index contributed by atoms with van der Waals surface area (Å²) in [5.74, 6) is 0.662. The SMILES string of the molecule is CNCc1nc2cc(C(F)(F)F)ccc2n1CCCO. The van der Waals surface area contributed by atoms with Gasteiger partial charge in [-0.2, -0.15) is 13.2 Å². The first-order valence-electron chi connectivity index (χ1n) is 6.29. The molecule has 1 aromatic carbocycles. The normalized spacial score (nSPS) is 12.2. The van der Waals surface area contributed by atoms with Crippen molar-refractivity contribution in [3.8, 4) is 0 Å². The van der Waals surface area contributed by atoms with Gasteiger partial charge in [0.05, 0.1) is 23.1 Å². The van der Waals surface area contributed by atoms with E-state index in [0.29, 0.717) is 36.4 Å². The van der Waals surface area contributed by atoms with Gasteiger partial charge in [-0.3, -0.25) is 0 Å². The van der Waals surface area contributed by atoms with E-state index in [0.717, 1.165) is 12.1 Å². The van der Waals surface area contributed by atoms with Gasteiger partial charge in [-0.1, -0.05) is 0 Å². The Morgan fingerprint density at radius 1 is 1.35 bits per heavy atom. The molecule has 0 saturated carbocycles. The molecule has 2 N–H and O–H groups in total. The van der Waals surface area contributed by atoms with Crippen molar-refractivity contribution in [2.24, 2.45) is 0 Å². The Labute approximate surface area is 114 Å². The summed E-state index contributed by atoms with van der Waals surface area (Å²) in [4.78, 5) is 4.25. The zero-order chi connectivity index (χ0) is 14.8. The smallest absolute Gasteiger partial charge is 0.396 e. The lowest BCUT2D eigenvalue weighted by atomic mass is 10.2. The highest BCUT2D eigenvalue weighted by Gasteiger charge is 2.31. The van der Waals surface area contributed by atoms with Crippen molar-refractivity contribution in [3.63, 3.8) is 0 Å². The highest BCUT2D eigenvalue weighted by atomic mass is 19.4. The maximum absolute atomic E-state index is 12.7. The lowest BCUT2D eigenvalue weighted by Gasteiger charge is -2.09. The van der Waals surface area contributed by atoms with Crippen LogP contribution >= 0.6 is 0 Å². The van der Waals surface area contributed by atoms with Crippen LogP contribution in [0.2, 0.25) is 0 Å². The number of aliphatic hydroxyl groups is 1. The van der Waals surface area contributed by atoms with Crippen molar-refractivity contribution in [1.82, 2.24) is 14.9 Å². The number of alkyl halides is 3. The molecule has 2 aromatic rings. The van der Waals surface area contributed by atoms with Gasteiger partial charge in [0.1, 0.15) is 5.82 Å². The Balaban J connectivity index is 2.49. The van der Waals surface area contributed by atoms with E-state index in [9.17, 15) is 13.2 Å². The molecule has 0 fully saturated rings. The first-order chi connectivity index (χ1) is 9.47. The van der Waals surface area contributed by atoms with Crippen LogP contribution in [-0.2, 0) is 19.3 Å². The van der Waals surface area contributed by atoms with E-state index >= 15 is 0 Å². The number of aliphatic hydroxyl groups excluding tert-OH is 1.